The summed E-state index contributed by atoms with van der Waals surface area (Å²) in [6.07, 6.45) is 0. The highest BCUT2D eigenvalue weighted by atomic mass is 32.2. The summed E-state index contributed by atoms with van der Waals surface area (Å²) in [7, 11) is -1.86. The third-order valence-corrected chi connectivity index (χ3v) is 6.94. The molecule has 0 spiro atoms. The number of hydrogen-bond donors (Lipinski definition) is 0. The van der Waals surface area contributed by atoms with Crippen molar-refractivity contribution in [3.63, 3.8) is 0 Å². The smallest absolute Gasteiger partial charge is 0.243 e. The third kappa shape index (κ3) is 4.60. The van der Waals surface area contributed by atoms with Crippen molar-refractivity contribution in [3.05, 3.63) is 59.7 Å². The van der Waals surface area contributed by atoms with Crippen molar-refractivity contribution in [2.24, 2.45) is 0 Å². The largest absolute Gasteiger partial charge is 0.369 e. The van der Waals surface area contributed by atoms with Gasteiger partial charge in [0.25, 0.3) is 0 Å². The van der Waals surface area contributed by atoms with Crippen LogP contribution in [0.25, 0.3) is 0 Å². The molecule has 1 saturated heterocycles. The number of anilines is 1. The van der Waals surface area contributed by atoms with E-state index in [-0.39, 0.29) is 5.78 Å². The van der Waals surface area contributed by atoms with Gasteiger partial charge in [0.15, 0.2) is 5.78 Å². The second-order valence-electron chi connectivity index (χ2n) is 7.27. The summed E-state index contributed by atoms with van der Waals surface area (Å²) in [6, 6.07) is 14.6. The molecule has 0 aliphatic carbocycles. The van der Waals surface area contributed by atoms with E-state index in [0.717, 1.165) is 37.4 Å². The zero-order valence-electron chi connectivity index (χ0n) is 16.6. The van der Waals surface area contributed by atoms with Crippen molar-refractivity contribution in [2.75, 3.05) is 44.8 Å². The monoisotopic (exact) mass is 401 g/mol. The van der Waals surface area contributed by atoms with Crippen LogP contribution in [0.1, 0.15) is 22.8 Å². The lowest BCUT2D eigenvalue weighted by Crippen LogP contribution is -2.50. The maximum atomic E-state index is 12.8. The highest BCUT2D eigenvalue weighted by molar-refractivity contribution is 7.89. The first-order chi connectivity index (χ1) is 13.3. The van der Waals surface area contributed by atoms with Crippen LogP contribution < -0.4 is 4.90 Å². The second-order valence-corrected chi connectivity index (χ2v) is 9.31. The number of carbonyl (C=O) groups is 1. The van der Waals surface area contributed by atoms with E-state index in [1.54, 1.807) is 26.1 Å². The predicted octanol–water partition coefficient (Wildman–Crippen LogP) is 2.60. The molecule has 150 valence electrons. The molecule has 2 aromatic carbocycles. The first-order valence-corrected chi connectivity index (χ1v) is 10.8. The standard InChI is InChI=1S/C21H27N3O3S/c1-17-4-10-21(11-5-17)28(26,27)22(3)16-23-12-14-24(15-13-23)20-8-6-19(7-9-20)18(2)25/h4-11H,12-16H2,1-3H3. The minimum Gasteiger partial charge on any atom is -0.369 e. The van der Waals surface area contributed by atoms with Crippen LogP contribution in [0, 0.1) is 6.92 Å². The van der Waals surface area contributed by atoms with Crippen LogP contribution in [-0.4, -0.2) is 63.3 Å². The molecule has 1 aliphatic heterocycles. The summed E-state index contributed by atoms with van der Waals surface area (Å²) < 4.78 is 26.9. The number of Topliss-reactive ketones (excluding diaryl/α,β-unsaturated/α-hetero) is 1. The van der Waals surface area contributed by atoms with E-state index in [0.29, 0.717) is 17.1 Å². The number of ketones is 1. The van der Waals surface area contributed by atoms with Gasteiger partial charge in [-0.25, -0.2) is 8.42 Å². The Hall–Kier alpha value is -2.22. The molecule has 1 aliphatic rings. The van der Waals surface area contributed by atoms with Gasteiger partial charge >= 0.3 is 0 Å². The van der Waals surface area contributed by atoms with Crippen LogP contribution >= 0.6 is 0 Å². The Kier molecular flexibility index (Phi) is 6.17. The molecule has 0 aromatic heterocycles. The molecular formula is C21H27N3O3S. The minimum atomic E-state index is -3.49. The van der Waals surface area contributed by atoms with Gasteiger partial charge in [0.1, 0.15) is 0 Å². The van der Waals surface area contributed by atoms with Gasteiger partial charge in [-0.1, -0.05) is 17.7 Å². The maximum absolute atomic E-state index is 12.8. The van der Waals surface area contributed by atoms with Gasteiger partial charge in [-0.3, -0.25) is 9.69 Å². The lowest BCUT2D eigenvalue weighted by molar-refractivity contribution is 0.101. The molecule has 0 unspecified atom stereocenters. The maximum Gasteiger partial charge on any atom is 0.243 e. The molecule has 0 atom stereocenters. The number of sulfonamides is 1. The normalized spacial score (nSPS) is 15.8. The molecule has 0 bridgehead atoms. The van der Waals surface area contributed by atoms with E-state index in [9.17, 15) is 13.2 Å². The average Bonchev–Trinajstić information content (AvgIpc) is 2.69. The van der Waals surface area contributed by atoms with Crippen LogP contribution in [0.5, 0.6) is 0 Å². The lowest BCUT2D eigenvalue weighted by atomic mass is 10.1. The number of benzene rings is 2. The van der Waals surface area contributed by atoms with Gasteiger partial charge in [0.2, 0.25) is 10.0 Å². The van der Waals surface area contributed by atoms with Crippen LogP contribution in [0.4, 0.5) is 5.69 Å². The van der Waals surface area contributed by atoms with Gasteiger partial charge in [-0.15, -0.1) is 0 Å². The molecule has 0 amide bonds. The van der Waals surface area contributed by atoms with Crippen molar-refractivity contribution in [1.82, 2.24) is 9.21 Å². The van der Waals surface area contributed by atoms with Crippen LogP contribution in [-0.2, 0) is 10.0 Å². The first-order valence-electron chi connectivity index (χ1n) is 9.39. The SMILES string of the molecule is CC(=O)c1ccc(N2CCN(CN(C)S(=O)(=O)c3ccc(C)cc3)CC2)cc1. The molecule has 2 aromatic rings. The highest BCUT2D eigenvalue weighted by Crippen LogP contribution is 2.19. The molecule has 1 fully saturated rings. The van der Waals surface area contributed by atoms with E-state index in [4.69, 9.17) is 0 Å². The number of carbonyl (C=O) groups excluding carboxylic acids is 1. The zero-order valence-corrected chi connectivity index (χ0v) is 17.4. The molecule has 3 rings (SSSR count). The Morgan fingerprint density at radius 1 is 0.964 bits per heavy atom. The molecular weight excluding hydrogens is 374 g/mol. The number of rotatable bonds is 6. The molecule has 6 nitrogen and oxygen atoms in total. The third-order valence-electron chi connectivity index (χ3n) is 5.14. The Bertz CT molecular complexity index is 916. The lowest BCUT2D eigenvalue weighted by Gasteiger charge is -2.37. The van der Waals surface area contributed by atoms with E-state index < -0.39 is 10.0 Å². The van der Waals surface area contributed by atoms with Crippen LogP contribution in [0.15, 0.2) is 53.4 Å². The van der Waals surface area contributed by atoms with Gasteiger partial charge in [-0.05, 0) is 50.2 Å². The number of aryl methyl sites for hydroxylation is 1. The molecule has 0 saturated carbocycles. The predicted molar refractivity (Wildman–Crippen MR) is 111 cm³/mol. The van der Waals surface area contributed by atoms with Gasteiger partial charge in [-0.2, -0.15) is 4.31 Å². The summed E-state index contributed by atoms with van der Waals surface area (Å²) in [5.41, 5.74) is 2.84. The van der Waals surface area contributed by atoms with Crippen molar-refractivity contribution in [3.8, 4) is 0 Å². The molecule has 1 heterocycles. The van der Waals surface area contributed by atoms with Gasteiger partial charge in [0.05, 0.1) is 11.6 Å². The second kappa shape index (κ2) is 8.43. The number of nitrogens with zero attached hydrogens (tertiary/aromatic N) is 3. The van der Waals surface area contributed by atoms with E-state index in [2.05, 4.69) is 9.80 Å². The summed E-state index contributed by atoms with van der Waals surface area (Å²) in [6.45, 7) is 7.07. The van der Waals surface area contributed by atoms with Gasteiger partial charge in [0, 0.05) is 44.5 Å². The zero-order chi connectivity index (χ0) is 20.3. The summed E-state index contributed by atoms with van der Waals surface area (Å²) in [4.78, 5) is 16.1. The fourth-order valence-corrected chi connectivity index (χ4v) is 4.46. The summed E-state index contributed by atoms with van der Waals surface area (Å²) in [5.74, 6) is 0.0641. The Balaban J connectivity index is 1.57. The Morgan fingerprint density at radius 2 is 1.54 bits per heavy atom. The quantitative estimate of drug-likeness (QED) is 0.697. The van der Waals surface area contributed by atoms with E-state index >= 15 is 0 Å². The molecule has 7 heteroatoms. The molecule has 0 N–H and O–H groups in total. The fourth-order valence-electron chi connectivity index (χ4n) is 3.30. The Morgan fingerprint density at radius 3 is 2.07 bits per heavy atom. The first kappa shape index (κ1) is 20.5. The minimum absolute atomic E-state index is 0.0641. The van der Waals surface area contributed by atoms with Crippen molar-refractivity contribution < 1.29 is 13.2 Å². The van der Waals surface area contributed by atoms with Crippen molar-refractivity contribution in [1.29, 1.82) is 0 Å². The molecule has 28 heavy (non-hydrogen) atoms. The highest BCUT2D eigenvalue weighted by Gasteiger charge is 2.25. The van der Waals surface area contributed by atoms with Crippen molar-refractivity contribution in [2.45, 2.75) is 18.7 Å². The van der Waals surface area contributed by atoms with Crippen molar-refractivity contribution >= 4 is 21.5 Å². The molecule has 0 radical (unpaired) electrons. The van der Waals surface area contributed by atoms with E-state index in [1.807, 2.05) is 43.3 Å². The average molecular weight is 402 g/mol. The van der Waals surface area contributed by atoms with Crippen LogP contribution in [0.2, 0.25) is 0 Å². The summed E-state index contributed by atoms with van der Waals surface area (Å²) >= 11 is 0. The number of piperazine rings is 1. The fraction of sp³-hybridized carbons (Fsp3) is 0.381. The summed E-state index contributed by atoms with van der Waals surface area (Å²) in [5, 5.41) is 0. The van der Waals surface area contributed by atoms with Crippen LogP contribution in [0.3, 0.4) is 0 Å². The topological polar surface area (TPSA) is 60.9 Å². The Labute approximate surface area is 167 Å². The number of hydrogen-bond acceptors (Lipinski definition) is 5. The van der Waals surface area contributed by atoms with E-state index in [1.165, 1.54) is 4.31 Å². The van der Waals surface area contributed by atoms with Gasteiger partial charge < -0.3 is 4.90 Å².